The molecule has 0 spiro atoms. The van der Waals surface area contributed by atoms with Crippen LogP contribution in [0, 0.1) is 0 Å². The van der Waals surface area contributed by atoms with Gasteiger partial charge in [0.2, 0.25) is 0 Å². The van der Waals surface area contributed by atoms with Gasteiger partial charge < -0.3 is 69.7 Å². The minimum absolute atomic E-state index is 0.00780. The Bertz CT molecular complexity index is 1860. The van der Waals surface area contributed by atoms with Crippen molar-refractivity contribution < 1.29 is 76.9 Å². The Morgan fingerprint density at radius 2 is 1.80 bits per heavy atom. The fourth-order valence-electron chi connectivity index (χ4n) is 5.76. The number of primary amides is 1. The van der Waals surface area contributed by atoms with Gasteiger partial charge in [-0.2, -0.15) is 4.57 Å². The Morgan fingerprint density at radius 3 is 2.44 bits per heavy atom. The Labute approximate surface area is 282 Å². The number of nitrogen functional groups attached to an aromatic ring is 1. The number of aliphatic hydroxyl groups excluding tert-OH is 4. The number of phosphoric ester groups is 1. The number of hydrogen-bond acceptors (Lipinski definition) is 18. The van der Waals surface area contributed by atoms with Crippen molar-refractivity contribution in [3.8, 4) is 0 Å². The molecule has 0 radical (unpaired) electrons. The van der Waals surface area contributed by atoms with Crippen LogP contribution in [0.4, 0.5) is 5.82 Å². The second kappa shape index (κ2) is 14.4. The molecular weight excluding hydrogens is 712 g/mol. The van der Waals surface area contributed by atoms with E-state index < -0.39 is 88.8 Å². The first kappa shape index (κ1) is 37.9. The highest BCUT2D eigenvalue weighted by Crippen LogP contribution is 2.56. The minimum Gasteiger partial charge on any atom is -0.790 e. The van der Waals surface area contributed by atoms with Crippen molar-refractivity contribution in [1.82, 2.24) is 19.5 Å². The molecule has 50 heavy (non-hydrogen) atoms. The summed E-state index contributed by atoms with van der Waals surface area (Å²) in [6.45, 7) is 2.15. The molecule has 2 fully saturated rings. The second-order valence-electron chi connectivity index (χ2n) is 11.6. The number of ketones is 1. The molecule has 0 bridgehead atoms. The number of nitrogens with two attached hydrogens (primary N) is 2. The number of anilines is 1. The van der Waals surface area contributed by atoms with Crippen LogP contribution in [0.3, 0.4) is 0 Å². The molecule has 3 aromatic rings. The van der Waals surface area contributed by atoms with Crippen LogP contribution in [-0.2, 0) is 32.4 Å². The van der Waals surface area contributed by atoms with Crippen molar-refractivity contribution in [2.75, 3.05) is 12.3 Å². The second-order valence-corrected chi connectivity index (χ2v) is 14.6. The quantitative estimate of drug-likeness (QED) is 0.0651. The molecule has 11 atom stereocenters. The number of carbonyl (C=O) groups is 2. The van der Waals surface area contributed by atoms with E-state index in [4.69, 9.17) is 25.5 Å². The predicted octanol–water partition coefficient (Wildman–Crippen LogP) is -3.81. The third-order valence-corrected chi connectivity index (χ3v) is 10.6. The normalized spacial score (nSPS) is 29.5. The van der Waals surface area contributed by atoms with Crippen LogP contribution in [0.25, 0.3) is 11.2 Å². The van der Waals surface area contributed by atoms with Gasteiger partial charge in [-0.3, -0.25) is 18.7 Å². The summed E-state index contributed by atoms with van der Waals surface area (Å²) in [5.74, 6) is -4.72. The zero-order chi connectivity index (χ0) is 36.9. The third-order valence-electron chi connectivity index (χ3n) is 8.41. The van der Waals surface area contributed by atoms with Crippen molar-refractivity contribution in [1.29, 1.82) is 0 Å². The molecular formula is C26H34N7O15P2-. The van der Waals surface area contributed by atoms with E-state index in [9.17, 15) is 53.8 Å². The number of rotatable bonds is 13. The van der Waals surface area contributed by atoms with E-state index in [2.05, 4.69) is 19.5 Å². The zero-order valence-electron chi connectivity index (χ0n) is 26.2. The average Bonchev–Trinajstić information content (AvgIpc) is 3.71. The Hall–Kier alpha value is -3.34. The monoisotopic (exact) mass is 746 g/mol. The fourth-order valence-corrected chi connectivity index (χ4v) is 8.09. The van der Waals surface area contributed by atoms with Crippen LogP contribution in [0.1, 0.15) is 54.6 Å². The molecule has 0 saturated carbocycles. The van der Waals surface area contributed by atoms with E-state index in [1.54, 1.807) is 13.8 Å². The van der Waals surface area contributed by atoms with Gasteiger partial charge in [-0.05, 0) is 5.56 Å². The largest absolute Gasteiger partial charge is 0.790 e. The van der Waals surface area contributed by atoms with Crippen LogP contribution >= 0.6 is 15.4 Å². The first-order chi connectivity index (χ1) is 23.4. The van der Waals surface area contributed by atoms with Gasteiger partial charge in [-0.1, -0.05) is 13.8 Å². The molecule has 0 aliphatic carbocycles. The first-order valence-electron chi connectivity index (χ1n) is 14.9. The number of hydrogen-bond donors (Lipinski definition) is 7. The molecule has 24 heteroatoms. The van der Waals surface area contributed by atoms with E-state index in [0.717, 1.165) is 17.1 Å². The van der Waals surface area contributed by atoms with Crippen molar-refractivity contribution >= 4 is 44.1 Å². The molecule has 5 rings (SSSR count). The van der Waals surface area contributed by atoms with E-state index in [1.165, 1.54) is 23.2 Å². The summed E-state index contributed by atoms with van der Waals surface area (Å²) in [6.07, 6.45) is -9.73. The van der Waals surface area contributed by atoms with Crippen LogP contribution in [0.5, 0.6) is 0 Å². The Balaban J connectivity index is 1.37. The van der Waals surface area contributed by atoms with Crippen LogP contribution in [-0.4, -0.2) is 106 Å². The number of aromatic nitrogens is 5. The smallest absolute Gasteiger partial charge is 0.359 e. The maximum Gasteiger partial charge on any atom is 0.359 e. The third kappa shape index (κ3) is 7.34. The topological polar surface area (TPSA) is 352 Å². The Morgan fingerprint density at radius 1 is 1.10 bits per heavy atom. The summed E-state index contributed by atoms with van der Waals surface area (Å²) in [5.41, 5.74) is 11.6. The van der Waals surface area contributed by atoms with Crippen LogP contribution in [0.2, 0.25) is 0 Å². The number of Topliss-reactive ketones (excluding diaryl/α,β-unsaturated/α-hetero) is 1. The van der Waals surface area contributed by atoms with Gasteiger partial charge >= 0.3 is 7.60 Å². The lowest BCUT2D eigenvalue weighted by Crippen LogP contribution is -2.47. The standard InChI is InChI=1S/C26H35N7O15P2/c1-3-13(34)10(2)11-4-5-32(6-12(11)22(28)39)24-19(38)17(36)20(47-24)26(48-50(42,43)44)49(40,41)45-7-14-16(35)18(37)25(46-14)33-9-31-15-21(27)29-8-30-23(15)33/h4-6,8-10,14,16-20,24-26,35-38H,3,7H2,1-2H3,(H6-,27,28,29,30,39,40,41,42,43,44)/p-1. The van der Waals surface area contributed by atoms with Crippen molar-refractivity contribution in [3.05, 3.63) is 42.2 Å². The highest BCUT2D eigenvalue weighted by molar-refractivity contribution is 7.54. The molecule has 2 saturated heterocycles. The maximum atomic E-state index is 13.5. The number of fused-ring (bicyclic) bond motifs is 1. The lowest BCUT2D eigenvalue weighted by Gasteiger charge is -2.37. The SMILES string of the molecule is CCC(=O)C(C)c1cc[n+](C2OC(C(OP(=O)([O-])[O-])P(=O)(O)OCC3OC(n4cnc5c(N)ncnc54)C(O)C3O)C(O)C2O)cc1C(N)=O. The highest BCUT2D eigenvalue weighted by atomic mass is 31.2. The van der Waals surface area contributed by atoms with Crippen LogP contribution in [0.15, 0.2) is 31.1 Å². The minimum atomic E-state index is -6.14. The van der Waals surface area contributed by atoms with Gasteiger partial charge in [0.05, 0.1) is 20.8 Å². The fraction of sp³-hybridized carbons (Fsp3) is 0.538. The molecule has 9 N–H and O–H groups in total. The zero-order valence-corrected chi connectivity index (χ0v) is 28.0. The number of pyridine rings is 1. The molecule has 0 aromatic carbocycles. The van der Waals surface area contributed by atoms with Crippen LogP contribution < -0.4 is 25.8 Å². The molecule has 2 aliphatic rings. The van der Waals surface area contributed by atoms with Gasteiger partial charge in [-0.15, -0.1) is 0 Å². The molecule has 274 valence electrons. The summed E-state index contributed by atoms with van der Waals surface area (Å²) < 4.78 is 48.0. The number of imidazole rings is 1. The Kier molecular flexibility index (Phi) is 10.9. The van der Waals surface area contributed by atoms with Gasteiger partial charge in [0.1, 0.15) is 53.7 Å². The lowest BCUT2D eigenvalue weighted by molar-refractivity contribution is -0.766. The average molecular weight is 747 g/mol. The first-order valence-corrected chi connectivity index (χ1v) is 18.0. The molecule has 22 nitrogen and oxygen atoms in total. The number of nitrogens with zero attached hydrogens (tertiary/aromatic N) is 5. The van der Waals surface area contributed by atoms with E-state index in [0.29, 0.717) is 0 Å². The molecule has 5 heterocycles. The number of amides is 1. The highest BCUT2D eigenvalue weighted by Gasteiger charge is 2.57. The summed E-state index contributed by atoms with van der Waals surface area (Å²) in [6, 6.07) is 1.33. The lowest BCUT2D eigenvalue weighted by atomic mass is 9.92. The molecule has 2 aliphatic heterocycles. The number of phosphoric acid groups is 1. The van der Waals surface area contributed by atoms with Gasteiger partial charge in [0.15, 0.2) is 42.0 Å². The molecule has 11 unspecified atom stereocenters. The van der Waals surface area contributed by atoms with Crippen molar-refractivity contribution in [3.63, 3.8) is 0 Å². The van der Waals surface area contributed by atoms with E-state index >= 15 is 0 Å². The van der Waals surface area contributed by atoms with Gasteiger partial charge in [-0.25, -0.2) is 15.0 Å². The summed E-state index contributed by atoms with van der Waals surface area (Å²) in [5, 5.41) is 43.0. The summed E-state index contributed by atoms with van der Waals surface area (Å²) >= 11 is 0. The van der Waals surface area contributed by atoms with Crippen molar-refractivity contribution in [2.45, 2.75) is 81.1 Å². The maximum absolute atomic E-state index is 13.5. The predicted molar refractivity (Wildman–Crippen MR) is 159 cm³/mol. The van der Waals surface area contributed by atoms with E-state index in [1.807, 2.05) is 0 Å². The number of aliphatic hydroxyl groups is 4. The van der Waals surface area contributed by atoms with E-state index in [-0.39, 0.29) is 40.3 Å². The van der Waals surface area contributed by atoms with Crippen molar-refractivity contribution in [2.24, 2.45) is 5.73 Å². The van der Waals surface area contributed by atoms with Gasteiger partial charge in [0.25, 0.3) is 12.1 Å². The molecule has 3 aromatic heterocycles. The molecule has 1 amide bonds. The summed E-state index contributed by atoms with van der Waals surface area (Å²) in [7, 11) is -11.7. The number of carbonyl (C=O) groups excluding carboxylic acids is 2. The summed E-state index contributed by atoms with van der Waals surface area (Å²) in [4.78, 5) is 70.7. The van der Waals surface area contributed by atoms with Gasteiger partial charge in [0, 0.05) is 18.4 Å². The number of ether oxygens (including phenoxy) is 2.